The number of rotatable bonds is 7. The average Bonchev–Trinajstić information content (AvgIpc) is 3.24. The van der Waals surface area contributed by atoms with E-state index >= 15 is 0 Å². The van der Waals surface area contributed by atoms with Crippen LogP contribution < -0.4 is 5.32 Å². The SMILES string of the molecule is CCNC(CO)(COC1CC2CCC1(C)C2(C)C)C1CC1. The first-order chi connectivity index (χ1) is 9.89. The van der Waals surface area contributed by atoms with E-state index in [4.69, 9.17) is 4.74 Å². The summed E-state index contributed by atoms with van der Waals surface area (Å²) in [7, 11) is 0. The molecule has 0 aromatic carbocycles. The van der Waals surface area contributed by atoms with Gasteiger partial charge in [-0.3, -0.25) is 0 Å². The molecule has 3 heteroatoms. The lowest BCUT2D eigenvalue weighted by atomic mass is 9.70. The second-order valence-corrected chi connectivity index (χ2v) is 8.53. The standard InChI is InChI=1S/C18H33NO2/c1-5-19-18(11-20,13-6-7-13)12-21-15-10-14-8-9-17(15,4)16(14,2)3/h13-15,19-20H,5-12H2,1-4H3. The van der Waals surface area contributed by atoms with Gasteiger partial charge in [0.1, 0.15) is 0 Å². The molecule has 3 aliphatic rings. The summed E-state index contributed by atoms with van der Waals surface area (Å²) >= 11 is 0. The Labute approximate surface area is 129 Å². The summed E-state index contributed by atoms with van der Waals surface area (Å²) in [4.78, 5) is 0. The Morgan fingerprint density at radius 3 is 2.38 bits per heavy atom. The van der Waals surface area contributed by atoms with Gasteiger partial charge in [0.25, 0.3) is 0 Å². The molecule has 122 valence electrons. The lowest BCUT2D eigenvalue weighted by Gasteiger charge is -2.41. The Morgan fingerprint density at radius 1 is 1.24 bits per heavy atom. The van der Waals surface area contributed by atoms with Crippen molar-refractivity contribution in [2.45, 2.75) is 71.4 Å². The summed E-state index contributed by atoms with van der Waals surface area (Å²) in [5.41, 5.74) is 0.517. The predicted molar refractivity (Wildman–Crippen MR) is 85.2 cm³/mol. The van der Waals surface area contributed by atoms with Gasteiger partial charge in [-0.1, -0.05) is 27.7 Å². The van der Waals surface area contributed by atoms with Crippen LogP contribution >= 0.6 is 0 Å². The zero-order valence-electron chi connectivity index (χ0n) is 14.2. The van der Waals surface area contributed by atoms with E-state index in [1.165, 1.54) is 32.1 Å². The van der Waals surface area contributed by atoms with Crippen molar-refractivity contribution in [2.24, 2.45) is 22.7 Å². The van der Waals surface area contributed by atoms with E-state index in [1.807, 2.05) is 0 Å². The first-order valence-corrected chi connectivity index (χ1v) is 8.87. The largest absolute Gasteiger partial charge is 0.394 e. The van der Waals surface area contributed by atoms with E-state index in [0.29, 0.717) is 29.5 Å². The number of aliphatic hydroxyl groups is 1. The maximum Gasteiger partial charge on any atom is 0.0679 e. The first kappa shape index (κ1) is 15.8. The van der Waals surface area contributed by atoms with Gasteiger partial charge >= 0.3 is 0 Å². The molecule has 2 N–H and O–H groups in total. The second kappa shape index (κ2) is 5.21. The van der Waals surface area contributed by atoms with Gasteiger partial charge in [-0.15, -0.1) is 0 Å². The smallest absolute Gasteiger partial charge is 0.0679 e. The minimum absolute atomic E-state index is 0.196. The van der Waals surface area contributed by atoms with Crippen LogP contribution in [0.1, 0.15) is 59.8 Å². The highest BCUT2D eigenvalue weighted by Gasteiger charge is 2.62. The van der Waals surface area contributed by atoms with Crippen LogP contribution in [0.5, 0.6) is 0 Å². The molecule has 3 fully saturated rings. The van der Waals surface area contributed by atoms with Crippen molar-refractivity contribution < 1.29 is 9.84 Å². The molecule has 0 aromatic rings. The minimum atomic E-state index is -0.197. The third-order valence-corrected chi connectivity index (χ3v) is 7.43. The van der Waals surface area contributed by atoms with E-state index in [9.17, 15) is 5.11 Å². The topological polar surface area (TPSA) is 41.5 Å². The number of aliphatic hydroxyl groups excluding tert-OH is 1. The molecule has 0 spiro atoms. The van der Waals surface area contributed by atoms with Crippen LogP contribution in [0.25, 0.3) is 0 Å². The van der Waals surface area contributed by atoms with Crippen LogP contribution in [-0.2, 0) is 4.74 Å². The number of fused-ring (bicyclic) bond motifs is 2. The molecule has 3 aliphatic carbocycles. The molecule has 4 atom stereocenters. The average molecular weight is 295 g/mol. The van der Waals surface area contributed by atoms with Gasteiger partial charge in [-0.25, -0.2) is 0 Å². The molecular formula is C18H33NO2. The molecular weight excluding hydrogens is 262 g/mol. The van der Waals surface area contributed by atoms with Gasteiger partial charge in [-0.05, 0) is 61.3 Å². The molecule has 3 nitrogen and oxygen atoms in total. The molecule has 0 aliphatic heterocycles. The van der Waals surface area contributed by atoms with Crippen molar-refractivity contribution in [3.05, 3.63) is 0 Å². The Morgan fingerprint density at radius 2 is 1.95 bits per heavy atom. The van der Waals surface area contributed by atoms with Crippen molar-refractivity contribution in [1.29, 1.82) is 0 Å². The highest BCUT2D eigenvalue weighted by atomic mass is 16.5. The third-order valence-electron chi connectivity index (χ3n) is 7.43. The van der Waals surface area contributed by atoms with Crippen molar-refractivity contribution in [3.63, 3.8) is 0 Å². The van der Waals surface area contributed by atoms with Gasteiger partial charge in [0, 0.05) is 0 Å². The summed E-state index contributed by atoms with van der Waals surface area (Å²) in [5, 5.41) is 13.5. The molecule has 3 rings (SSSR count). The van der Waals surface area contributed by atoms with Gasteiger partial charge < -0.3 is 15.2 Å². The molecule has 0 radical (unpaired) electrons. The third kappa shape index (κ3) is 2.27. The fourth-order valence-corrected chi connectivity index (χ4v) is 5.16. The summed E-state index contributed by atoms with van der Waals surface area (Å²) in [6.45, 7) is 11.2. The fourth-order valence-electron chi connectivity index (χ4n) is 5.16. The van der Waals surface area contributed by atoms with E-state index < -0.39 is 0 Å². The quantitative estimate of drug-likeness (QED) is 0.759. The molecule has 4 unspecified atom stereocenters. The van der Waals surface area contributed by atoms with Crippen molar-refractivity contribution >= 4 is 0 Å². The van der Waals surface area contributed by atoms with Gasteiger partial charge in [0.05, 0.1) is 24.9 Å². The molecule has 0 saturated heterocycles. The Bertz CT molecular complexity index is 393. The highest BCUT2D eigenvalue weighted by Crippen LogP contribution is 2.66. The fraction of sp³-hybridized carbons (Fsp3) is 1.00. The summed E-state index contributed by atoms with van der Waals surface area (Å²) in [6, 6.07) is 0. The van der Waals surface area contributed by atoms with E-state index in [1.54, 1.807) is 0 Å². The molecule has 0 heterocycles. The van der Waals surface area contributed by atoms with Crippen molar-refractivity contribution in [1.82, 2.24) is 5.32 Å². The Kier molecular flexibility index (Phi) is 3.91. The summed E-state index contributed by atoms with van der Waals surface area (Å²) in [5.74, 6) is 1.41. The van der Waals surface area contributed by atoms with E-state index in [2.05, 4.69) is 33.0 Å². The first-order valence-electron chi connectivity index (χ1n) is 8.87. The lowest BCUT2D eigenvalue weighted by molar-refractivity contribution is -0.0792. The van der Waals surface area contributed by atoms with Crippen LogP contribution in [0, 0.1) is 22.7 Å². The molecule has 0 aromatic heterocycles. The maximum atomic E-state index is 9.95. The number of likely N-dealkylation sites (N-methyl/N-ethyl adjacent to an activating group) is 1. The zero-order chi connectivity index (χ0) is 15.3. The van der Waals surface area contributed by atoms with E-state index in [-0.39, 0.29) is 12.1 Å². The second-order valence-electron chi connectivity index (χ2n) is 8.53. The van der Waals surface area contributed by atoms with Crippen LogP contribution in [-0.4, -0.2) is 36.5 Å². The normalized spacial score (nSPS) is 40.4. The van der Waals surface area contributed by atoms with Crippen molar-refractivity contribution in [3.8, 4) is 0 Å². The van der Waals surface area contributed by atoms with Gasteiger partial charge in [0.2, 0.25) is 0 Å². The summed E-state index contributed by atoms with van der Waals surface area (Å²) in [6.07, 6.45) is 6.70. The van der Waals surface area contributed by atoms with Crippen LogP contribution in [0.4, 0.5) is 0 Å². The van der Waals surface area contributed by atoms with Crippen LogP contribution in [0.3, 0.4) is 0 Å². The number of ether oxygens (including phenoxy) is 1. The van der Waals surface area contributed by atoms with Crippen LogP contribution in [0.2, 0.25) is 0 Å². The van der Waals surface area contributed by atoms with Crippen molar-refractivity contribution in [2.75, 3.05) is 19.8 Å². The molecule has 3 saturated carbocycles. The lowest BCUT2D eigenvalue weighted by Crippen LogP contribution is -2.55. The number of hydrogen-bond donors (Lipinski definition) is 2. The maximum absolute atomic E-state index is 9.95. The highest BCUT2D eigenvalue weighted by molar-refractivity contribution is 5.11. The predicted octanol–water partition coefficient (Wildman–Crippen LogP) is 2.97. The van der Waals surface area contributed by atoms with E-state index in [0.717, 1.165) is 12.5 Å². The Hall–Kier alpha value is -0.120. The van der Waals surface area contributed by atoms with Crippen LogP contribution in [0.15, 0.2) is 0 Å². The van der Waals surface area contributed by atoms with Gasteiger partial charge in [-0.2, -0.15) is 0 Å². The zero-order valence-corrected chi connectivity index (χ0v) is 14.2. The van der Waals surface area contributed by atoms with Gasteiger partial charge in [0.15, 0.2) is 0 Å². The monoisotopic (exact) mass is 295 g/mol. The molecule has 0 amide bonds. The Balaban J connectivity index is 1.67. The molecule has 2 bridgehead atoms. The number of nitrogens with one attached hydrogen (secondary N) is 1. The minimum Gasteiger partial charge on any atom is -0.394 e. The number of hydrogen-bond acceptors (Lipinski definition) is 3. The molecule has 21 heavy (non-hydrogen) atoms. The summed E-state index contributed by atoms with van der Waals surface area (Å²) < 4.78 is 6.46.